The van der Waals surface area contributed by atoms with E-state index in [2.05, 4.69) is 0 Å². The molecule has 1 aliphatic heterocycles. The van der Waals surface area contributed by atoms with Crippen LogP contribution in [0, 0.1) is 12.8 Å². The number of carboxylic acid groups (broad SMARTS) is 1. The van der Waals surface area contributed by atoms with Gasteiger partial charge in [0.2, 0.25) is 0 Å². The fraction of sp³-hybridized carbons (Fsp3) is 0.429. The van der Waals surface area contributed by atoms with Crippen molar-refractivity contribution in [2.45, 2.75) is 18.2 Å². The van der Waals surface area contributed by atoms with Gasteiger partial charge < -0.3 is 10.0 Å². The van der Waals surface area contributed by atoms with E-state index in [1.165, 1.54) is 12.1 Å². The highest BCUT2D eigenvalue weighted by Crippen LogP contribution is 2.24. The fourth-order valence-electron chi connectivity index (χ4n) is 2.34. The van der Waals surface area contributed by atoms with Crippen molar-refractivity contribution in [1.82, 2.24) is 4.90 Å². The molecule has 7 heteroatoms. The molecule has 1 aromatic rings. The summed E-state index contributed by atoms with van der Waals surface area (Å²) in [7, 11) is -3.37. The molecule has 0 aliphatic carbocycles. The van der Waals surface area contributed by atoms with Gasteiger partial charge >= 0.3 is 5.97 Å². The Hall–Kier alpha value is -1.89. The highest BCUT2D eigenvalue weighted by Gasteiger charge is 2.33. The van der Waals surface area contributed by atoms with Gasteiger partial charge in [0, 0.05) is 30.8 Å². The van der Waals surface area contributed by atoms with Crippen LogP contribution in [0.3, 0.4) is 0 Å². The van der Waals surface area contributed by atoms with Gasteiger partial charge in [-0.05, 0) is 24.6 Å². The van der Waals surface area contributed by atoms with E-state index >= 15 is 0 Å². The lowest BCUT2D eigenvalue weighted by atomic mass is 9.95. The zero-order valence-corrected chi connectivity index (χ0v) is 12.7. The molecule has 6 nitrogen and oxygen atoms in total. The largest absolute Gasteiger partial charge is 0.481 e. The Bertz CT molecular complexity index is 689. The van der Waals surface area contributed by atoms with Crippen LogP contribution in [-0.2, 0) is 14.6 Å². The maximum absolute atomic E-state index is 12.3. The molecule has 1 aromatic carbocycles. The van der Waals surface area contributed by atoms with Gasteiger partial charge in [-0.2, -0.15) is 0 Å². The number of rotatable bonds is 4. The quantitative estimate of drug-likeness (QED) is 0.893. The third-order valence-electron chi connectivity index (χ3n) is 3.58. The number of hydrogen-bond donors (Lipinski definition) is 1. The summed E-state index contributed by atoms with van der Waals surface area (Å²) in [5, 5.41) is 8.69. The predicted molar refractivity (Wildman–Crippen MR) is 75.9 cm³/mol. The van der Waals surface area contributed by atoms with Crippen LogP contribution in [-0.4, -0.2) is 49.6 Å². The summed E-state index contributed by atoms with van der Waals surface area (Å²) in [4.78, 5) is 24.6. The number of carbonyl (C=O) groups excluding carboxylic acids is 1. The molecular formula is C14H17NO5S. The fourth-order valence-corrected chi connectivity index (χ4v) is 2.99. The maximum Gasteiger partial charge on any atom is 0.303 e. The minimum Gasteiger partial charge on any atom is -0.481 e. The lowest BCUT2D eigenvalue weighted by molar-refractivity contribution is -0.139. The van der Waals surface area contributed by atoms with Crippen molar-refractivity contribution in [3.8, 4) is 0 Å². The molecule has 1 fully saturated rings. The molecule has 21 heavy (non-hydrogen) atoms. The summed E-state index contributed by atoms with van der Waals surface area (Å²) in [6.45, 7) is 2.54. The number of amides is 1. The van der Waals surface area contributed by atoms with Gasteiger partial charge in [0.05, 0.1) is 11.3 Å². The second-order valence-electron chi connectivity index (χ2n) is 5.42. The number of carboxylic acids is 1. The second kappa shape index (κ2) is 5.48. The molecule has 1 heterocycles. The van der Waals surface area contributed by atoms with Crippen LogP contribution in [0.25, 0.3) is 0 Å². The third kappa shape index (κ3) is 3.41. The van der Waals surface area contributed by atoms with Crippen molar-refractivity contribution in [3.63, 3.8) is 0 Å². The Labute approximate surface area is 123 Å². The van der Waals surface area contributed by atoms with Crippen LogP contribution in [0.15, 0.2) is 23.1 Å². The maximum atomic E-state index is 12.3. The summed E-state index contributed by atoms with van der Waals surface area (Å²) in [5.74, 6) is -1.15. The average Bonchev–Trinajstić information content (AvgIpc) is 2.31. The zero-order valence-electron chi connectivity index (χ0n) is 11.9. The van der Waals surface area contributed by atoms with E-state index in [0.29, 0.717) is 24.2 Å². The van der Waals surface area contributed by atoms with Crippen LogP contribution in [0.4, 0.5) is 0 Å². The van der Waals surface area contributed by atoms with Gasteiger partial charge in [0.1, 0.15) is 0 Å². The highest BCUT2D eigenvalue weighted by atomic mass is 32.2. The lowest BCUT2D eigenvalue weighted by Crippen LogP contribution is -2.50. The molecule has 0 bridgehead atoms. The first-order valence-corrected chi connectivity index (χ1v) is 8.39. The number of carbonyl (C=O) groups is 2. The van der Waals surface area contributed by atoms with Crippen LogP contribution in [0.2, 0.25) is 0 Å². The van der Waals surface area contributed by atoms with Crippen molar-refractivity contribution in [1.29, 1.82) is 0 Å². The molecule has 114 valence electrons. The number of hydrogen-bond acceptors (Lipinski definition) is 4. The molecule has 1 N–H and O–H groups in total. The van der Waals surface area contributed by atoms with Crippen LogP contribution in [0.1, 0.15) is 22.3 Å². The Morgan fingerprint density at radius 2 is 1.95 bits per heavy atom. The molecule has 0 spiro atoms. The smallest absolute Gasteiger partial charge is 0.303 e. The van der Waals surface area contributed by atoms with E-state index in [1.807, 2.05) is 0 Å². The number of likely N-dealkylation sites (tertiary alicyclic amines) is 1. The van der Waals surface area contributed by atoms with Gasteiger partial charge in [-0.15, -0.1) is 0 Å². The van der Waals surface area contributed by atoms with Gasteiger partial charge in [-0.3, -0.25) is 9.59 Å². The summed E-state index contributed by atoms with van der Waals surface area (Å²) < 4.78 is 23.1. The number of aryl methyl sites for hydroxylation is 1. The predicted octanol–water partition coefficient (Wildman–Crippen LogP) is 0.945. The second-order valence-corrected chi connectivity index (χ2v) is 7.44. The number of sulfone groups is 1. The summed E-state index contributed by atoms with van der Waals surface area (Å²) >= 11 is 0. The molecule has 0 saturated carbocycles. The van der Waals surface area contributed by atoms with Crippen molar-refractivity contribution in [3.05, 3.63) is 29.3 Å². The average molecular weight is 311 g/mol. The molecule has 0 atom stereocenters. The first-order valence-electron chi connectivity index (χ1n) is 6.50. The van der Waals surface area contributed by atoms with E-state index in [4.69, 9.17) is 5.11 Å². The monoisotopic (exact) mass is 311 g/mol. The van der Waals surface area contributed by atoms with Gasteiger partial charge in [-0.1, -0.05) is 6.07 Å². The minimum absolute atomic E-state index is 0.0233. The van der Waals surface area contributed by atoms with Gasteiger partial charge in [0.15, 0.2) is 9.84 Å². The molecule has 1 amide bonds. The van der Waals surface area contributed by atoms with E-state index in [0.717, 1.165) is 6.26 Å². The molecular weight excluding hydrogens is 294 g/mol. The van der Waals surface area contributed by atoms with Crippen molar-refractivity contribution in [2.75, 3.05) is 19.3 Å². The normalized spacial score (nSPS) is 15.6. The van der Waals surface area contributed by atoms with E-state index in [-0.39, 0.29) is 23.1 Å². The SMILES string of the molecule is Cc1ccc(S(C)(=O)=O)cc1C(=O)N1CC(CC(=O)O)C1. The number of nitrogens with zero attached hydrogens (tertiary/aromatic N) is 1. The minimum atomic E-state index is -3.37. The van der Waals surface area contributed by atoms with Crippen molar-refractivity contribution < 1.29 is 23.1 Å². The third-order valence-corrected chi connectivity index (χ3v) is 4.69. The first kappa shape index (κ1) is 15.5. The highest BCUT2D eigenvalue weighted by molar-refractivity contribution is 7.90. The standard InChI is InChI=1S/C14H17NO5S/c1-9-3-4-11(21(2,19)20)6-12(9)14(18)15-7-10(8-15)5-13(16)17/h3-4,6,10H,5,7-8H2,1-2H3,(H,16,17). The number of benzene rings is 1. The molecule has 0 aromatic heterocycles. The van der Waals surface area contributed by atoms with Crippen molar-refractivity contribution >= 4 is 21.7 Å². The van der Waals surface area contributed by atoms with E-state index in [1.54, 1.807) is 17.9 Å². The summed E-state index contributed by atoms with van der Waals surface area (Å²) in [6.07, 6.45) is 1.14. The molecule has 1 aliphatic rings. The Kier molecular flexibility index (Phi) is 4.04. The topological polar surface area (TPSA) is 91.8 Å². The van der Waals surface area contributed by atoms with Crippen LogP contribution >= 0.6 is 0 Å². The Morgan fingerprint density at radius 1 is 1.33 bits per heavy atom. The Morgan fingerprint density at radius 3 is 2.48 bits per heavy atom. The summed E-state index contributed by atoms with van der Waals surface area (Å²) in [5.41, 5.74) is 1.06. The lowest BCUT2D eigenvalue weighted by Gasteiger charge is -2.38. The first-order chi connectivity index (χ1) is 9.68. The molecule has 2 rings (SSSR count). The molecule has 0 unspecified atom stereocenters. The zero-order chi connectivity index (χ0) is 15.8. The molecule has 0 radical (unpaired) electrons. The Balaban J connectivity index is 2.16. The van der Waals surface area contributed by atoms with Crippen LogP contribution in [0.5, 0.6) is 0 Å². The van der Waals surface area contributed by atoms with E-state index < -0.39 is 15.8 Å². The van der Waals surface area contributed by atoms with Crippen molar-refractivity contribution in [2.24, 2.45) is 5.92 Å². The van der Waals surface area contributed by atoms with E-state index in [9.17, 15) is 18.0 Å². The molecule has 1 saturated heterocycles. The number of aliphatic carboxylic acids is 1. The van der Waals surface area contributed by atoms with Crippen LogP contribution < -0.4 is 0 Å². The van der Waals surface area contributed by atoms with Gasteiger partial charge in [0.25, 0.3) is 5.91 Å². The summed E-state index contributed by atoms with van der Waals surface area (Å²) in [6, 6.07) is 4.47. The van der Waals surface area contributed by atoms with Gasteiger partial charge in [-0.25, -0.2) is 8.42 Å².